The Morgan fingerprint density at radius 1 is 1.16 bits per heavy atom. The number of aromatic nitrogens is 2. The van der Waals surface area contributed by atoms with Crippen LogP contribution in [0.1, 0.15) is 30.0 Å². The van der Waals surface area contributed by atoms with Crippen molar-refractivity contribution in [1.29, 1.82) is 0 Å². The van der Waals surface area contributed by atoms with E-state index < -0.39 is 0 Å². The number of piperidine rings is 1. The molecule has 1 aromatic carbocycles. The average molecular weight is 336 g/mol. The summed E-state index contributed by atoms with van der Waals surface area (Å²) in [6.45, 7) is 2.96. The zero-order valence-corrected chi connectivity index (χ0v) is 14.0. The quantitative estimate of drug-likeness (QED) is 0.792. The second-order valence-corrected chi connectivity index (χ2v) is 6.71. The predicted molar refractivity (Wildman–Crippen MR) is 97.6 cm³/mol. The van der Waals surface area contributed by atoms with E-state index in [1.165, 1.54) is 17.7 Å². The van der Waals surface area contributed by atoms with Crippen LogP contribution in [0.25, 0.3) is 10.9 Å². The van der Waals surface area contributed by atoms with Crippen LogP contribution in [0.3, 0.4) is 0 Å². The Hall–Kier alpha value is -2.53. The fourth-order valence-electron chi connectivity index (χ4n) is 3.62. The molecule has 0 saturated carbocycles. The molecule has 128 valence electrons. The predicted octanol–water partition coefficient (Wildman–Crippen LogP) is 3.73. The molecule has 1 aliphatic rings. The minimum atomic E-state index is -0.259. The maximum atomic E-state index is 13.4. The Morgan fingerprint density at radius 2 is 2.00 bits per heavy atom. The monoisotopic (exact) mass is 336 g/mol. The summed E-state index contributed by atoms with van der Waals surface area (Å²) in [5, 5.41) is 0.760. The van der Waals surface area contributed by atoms with E-state index in [9.17, 15) is 4.39 Å². The van der Waals surface area contributed by atoms with Gasteiger partial charge in [0.15, 0.2) is 0 Å². The fourth-order valence-corrected chi connectivity index (χ4v) is 3.62. The normalized spacial score (nSPS) is 16.4. The van der Waals surface area contributed by atoms with Crippen molar-refractivity contribution in [3.8, 4) is 0 Å². The summed E-state index contributed by atoms with van der Waals surface area (Å²) < 4.78 is 13.4. The number of pyridine rings is 2. The summed E-state index contributed by atoms with van der Waals surface area (Å²) in [6.07, 6.45) is 5.79. The van der Waals surface area contributed by atoms with E-state index in [0.717, 1.165) is 49.1 Å². The first-order chi connectivity index (χ1) is 12.2. The molecule has 4 rings (SSSR count). The first-order valence-electron chi connectivity index (χ1n) is 8.66. The van der Waals surface area contributed by atoms with E-state index in [-0.39, 0.29) is 5.82 Å². The molecule has 4 nitrogen and oxygen atoms in total. The number of halogens is 1. The lowest BCUT2D eigenvalue weighted by Gasteiger charge is -2.32. The molecule has 3 aromatic rings. The number of nitrogens with two attached hydrogens (primary N) is 1. The minimum absolute atomic E-state index is 0.259. The van der Waals surface area contributed by atoms with Gasteiger partial charge in [-0.2, -0.15) is 0 Å². The number of benzene rings is 1. The van der Waals surface area contributed by atoms with Crippen LogP contribution in [0.15, 0.2) is 48.8 Å². The summed E-state index contributed by atoms with van der Waals surface area (Å²) in [6, 6.07) is 10.6. The van der Waals surface area contributed by atoms with Gasteiger partial charge < -0.3 is 5.73 Å². The van der Waals surface area contributed by atoms with E-state index in [1.807, 2.05) is 18.3 Å². The average Bonchev–Trinajstić information content (AvgIpc) is 2.63. The number of hydrogen-bond donors (Lipinski definition) is 1. The van der Waals surface area contributed by atoms with Crippen LogP contribution < -0.4 is 5.73 Å². The highest BCUT2D eigenvalue weighted by atomic mass is 19.1. The van der Waals surface area contributed by atoms with Crippen molar-refractivity contribution in [2.45, 2.75) is 25.3 Å². The Labute approximate surface area is 146 Å². The van der Waals surface area contributed by atoms with Gasteiger partial charge in [-0.05, 0) is 61.8 Å². The summed E-state index contributed by atoms with van der Waals surface area (Å²) in [7, 11) is 0. The minimum Gasteiger partial charge on any atom is -0.397 e. The molecule has 3 heterocycles. The Morgan fingerprint density at radius 3 is 2.76 bits per heavy atom. The maximum Gasteiger partial charge on any atom is 0.123 e. The Bertz CT molecular complexity index is 874. The molecule has 25 heavy (non-hydrogen) atoms. The molecule has 0 radical (unpaired) electrons. The van der Waals surface area contributed by atoms with Crippen LogP contribution in [0.5, 0.6) is 0 Å². The molecule has 0 unspecified atom stereocenters. The number of nitrogens with zero attached hydrogens (tertiary/aromatic N) is 3. The second kappa shape index (κ2) is 6.76. The molecule has 0 spiro atoms. The van der Waals surface area contributed by atoms with E-state index in [2.05, 4.69) is 16.0 Å². The molecule has 2 aromatic heterocycles. The van der Waals surface area contributed by atoms with Gasteiger partial charge in [-0.25, -0.2) is 4.39 Å². The van der Waals surface area contributed by atoms with Gasteiger partial charge in [-0.3, -0.25) is 14.9 Å². The van der Waals surface area contributed by atoms with Crippen molar-refractivity contribution in [3.05, 3.63) is 65.9 Å². The number of anilines is 1. The lowest BCUT2D eigenvalue weighted by Crippen LogP contribution is -2.33. The first kappa shape index (κ1) is 16.0. The van der Waals surface area contributed by atoms with Crippen LogP contribution in [-0.2, 0) is 6.54 Å². The highest BCUT2D eigenvalue weighted by Crippen LogP contribution is 2.32. The van der Waals surface area contributed by atoms with Crippen LogP contribution in [-0.4, -0.2) is 28.0 Å². The molecule has 0 amide bonds. The van der Waals surface area contributed by atoms with E-state index >= 15 is 0 Å². The topological polar surface area (TPSA) is 55.0 Å². The molecule has 0 bridgehead atoms. The van der Waals surface area contributed by atoms with Crippen molar-refractivity contribution in [3.63, 3.8) is 0 Å². The standard InChI is InChI=1S/C20H21FN4/c21-17-3-4-19-16(10-17)11-18(22)20(24-19)15-5-8-25(9-6-15)13-14-2-1-7-23-12-14/h1-4,7,10-12,15H,5-6,8-9,13,22H2. The number of nitrogen functional groups attached to an aromatic ring is 1. The number of rotatable bonds is 3. The molecule has 0 aliphatic carbocycles. The lowest BCUT2D eigenvalue weighted by atomic mass is 9.91. The third kappa shape index (κ3) is 3.46. The van der Waals surface area contributed by atoms with E-state index in [0.29, 0.717) is 11.6 Å². The molecule has 1 saturated heterocycles. The van der Waals surface area contributed by atoms with Crippen molar-refractivity contribution in [2.24, 2.45) is 0 Å². The summed E-state index contributed by atoms with van der Waals surface area (Å²) in [5.41, 5.74) is 9.90. The van der Waals surface area contributed by atoms with Gasteiger partial charge in [0.1, 0.15) is 5.82 Å². The van der Waals surface area contributed by atoms with Gasteiger partial charge in [0, 0.05) is 30.2 Å². The molecule has 1 aliphatic heterocycles. The fraction of sp³-hybridized carbons (Fsp3) is 0.300. The Kier molecular flexibility index (Phi) is 4.32. The van der Waals surface area contributed by atoms with Gasteiger partial charge in [0.05, 0.1) is 16.9 Å². The van der Waals surface area contributed by atoms with E-state index in [1.54, 1.807) is 12.3 Å². The van der Waals surface area contributed by atoms with Crippen molar-refractivity contribution in [1.82, 2.24) is 14.9 Å². The maximum absolute atomic E-state index is 13.4. The van der Waals surface area contributed by atoms with Gasteiger partial charge in [0.25, 0.3) is 0 Å². The molecule has 0 atom stereocenters. The summed E-state index contributed by atoms with van der Waals surface area (Å²) in [4.78, 5) is 11.4. The second-order valence-electron chi connectivity index (χ2n) is 6.71. The van der Waals surface area contributed by atoms with Crippen molar-refractivity contribution in [2.75, 3.05) is 18.8 Å². The third-order valence-electron chi connectivity index (χ3n) is 4.94. The lowest BCUT2D eigenvalue weighted by molar-refractivity contribution is 0.203. The number of fused-ring (bicyclic) bond motifs is 1. The largest absolute Gasteiger partial charge is 0.397 e. The first-order valence-corrected chi connectivity index (χ1v) is 8.66. The molecule has 1 fully saturated rings. The smallest absolute Gasteiger partial charge is 0.123 e. The van der Waals surface area contributed by atoms with Crippen LogP contribution in [0, 0.1) is 5.82 Å². The SMILES string of the molecule is Nc1cc2cc(F)ccc2nc1C1CCN(Cc2cccnc2)CC1. The highest BCUT2D eigenvalue weighted by molar-refractivity contribution is 5.82. The van der Waals surface area contributed by atoms with Gasteiger partial charge in [0.2, 0.25) is 0 Å². The van der Waals surface area contributed by atoms with Crippen LogP contribution in [0.2, 0.25) is 0 Å². The summed E-state index contributed by atoms with van der Waals surface area (Å²) >= 11 is 0. The zero-order chi connectivity index (χ0) is 17.2. The molecule has 5 heteroatoms. The van der Waals surface area contributed by atoms with E-state index in [4.69, 9.17) is 10.7 Å². The molecule has 2 N–H and O–H groups in total. The van der Waals surface area contributed by atoms with Crippen molar-refractivity contribution < 1.29 is 4.39 Å². The number of hydrogen-bond acceptors (Lipinski definition) is 4. The van der Waals surface area contributed by atoms with Gasteiger partial charge >= 0.3 is 0 Å². The van der Waals surface area contributed by atoms with Crippen LogP contribution >= 0.6 is 0 Å². The van der Waals surface area contributed by atoms with Crippen molar-refractivity contribution >= 4 is 16.6 Å². The van der Waals surface area contributed by atoms with Gasteiger partial charge in [-0.15, -0.1) is 0 Å². The molecular formula is C20H21FN4. The highest BCUT2D eigenvalue weighted by Gasteiger charge is 2.23. The number of likely N-dealkylation sites (tertiary alicyclic amines) is 1. The Balaban J connectivity index is 1.48. The summed E-state index contributed by atoms with van der Waals surface area (Å²) in [5.74, 6) is 0.102. The molecular weight excluding hydrogens is 315 g/mol. The zero-order valence-electron chi connectivity index (χ0n) is 14.0. The van der Waals surface area contributed by atoms with Gasteiger partial charge in [-0.1, -0.05) is 6.07 Å². The third-order valence-corrected chi connectivity index (χ3v) is 4.94. The van der Waals surface area contributed by atoms with Crippen LogP contribution in [0.4, 0.5) is 10.1 Å².